The van der Waals surface area contributed by atoms with Crippen LogP contribution in [0.1, 0.15) is 71.1 Å². The first-order valence-electron chi connectivity index (χ1n) is 10.0. The predicted molar refractivity (Wildman–Crippen MR) is 94.5 cm³/mol. The first-order chi connectivity index (χ1) is 11.3. The molecular formula is C19H35N3O. The van der Waals surface area contributed by atoms with Gasteiger partial charge in [-0.25, -0.2) is 0 Å². The highest BCUT2D eigenvalue weighted by molar-refractivity contribution is 5.79. The summed E-state index contributed by atoms with van der Waals surface area (Å²) >= 11 is 0. The van der Waals surface area contributed by atoms with Gasteiger partial charge < -0.3 is 15.1 Å². The summed E-state index contributed by atoms with van der Waals surface area (Å²) in [5.41, 5.74) is 0. The van der Waals surface area contributed by atoms with E-state index in [0.717, 1.165) is 13.0 Å². The zero-order valence-corrected chi connectivity index (χ0v) is 14.9. The number of hydrogen-bond donors (Lipinski definition) is 1. The molecule has 0 aromatic carbocycles. The number of likely N-dealkylation sites (tertiary alicyclic amines) is 2. The average molecular weight is 322 g/mol. The molecule has 2 saturated heterocycles. The van der Waals surface area contributed by atoms with Crippen LogP contribution in [0.4, 0.5) is 0 Å². The van der Waals surface area contributed by atoms with Gasteiger partial charge in [-0.1, -0.05) is 32.6 Å². The maximum Gasteiger partial charge on any atom is 0.224 e. The second kappa shape index (κ2) is 8.48. The smallest absolute Gasteiger partial charge is 0.224 e. The Kier molecular flexibility index (Phi) is 6.35. The Balaban J connectivity index is 1.44. The molecule has 1 unspecified atom stereocenters. The lowest BCUT2D eigenvalue weighted by molar-refractivity contribution is -0.129. The van der Waals surface area contributed by atoms with Gasteiger partial charge in [0.2, 0.25) is 5.91 Å². The van der Waals surface area contributed by atoms with Gasteiger partial charge in [0, 0.05) is 31.1 Å². The molecule has 1 atom stereocenters. The largest absolute Gasteiger partial charge is 0.338 e. The lowest BCUT2D eigenvalue weighted by Gasteiger charge is -2.34. The number of nitrogens with one attached hydrogen (secondary N) is 1. The van der Waals surface area contributed by atoms with E-state index in [4.69, 9.17) is 0 Å². The molecule has 23 heavy (non-hydrogen) atoms. The first-order valence-corrected chi connectivity index (χ1v) is 10.0. The summed E-state index contributed by atoms with van der Waals surface area (Å²) in [5, 5.41) is 3.81. The van der Waals surface area contributed by atoms with Crippen molar-refractivity contribution < 1.29 is 4.79 Å². The zero-order chi connectivity index (χ0) is 16.1. The molecule has 2 aliphatic heterocycles. The summed E-state index contributed by atoms with van der Waals surface area (Å²) in [6, 6.07) is 1.55. The molecule has 0 bridgehead atoms. The maximum absolute atomic E-state index is 12.5. The quantitative estimate of drug-likeness (QED) is 0.791. The fraction of sp³-hybridized carbons (Fsp3) is 0.947. The van der Waals surface area contributed by atoms with E-state index >= 15 is 0 Å². The second-order valence-corrected chi connectivity index (χ2v) is 7.88. The van der Waals surface area contributed by atoms with Gasteiger partial charge in [-0.15, -0.1) is 0 Å². The van der Waals surface area contributed by atoms with E-state index in [1.165, 1.54) is 77.4 Å². The Labute approximate surface area is 142 Å². The molecule has 3 fully saturated rings. The Bertz CT molecular complexity index is 371. The number of amides is 1. The highest BCUT2D eigenvalue weighted by Gasteiger charge is 2.35. The van der Waals surface area contributed by atoms with Crippen LogP contribution in [0.15, 0.2) is 0 Å². The van der Waals surface area contributed by atoms with E-state index in [0.29, 0.717) is 24.0 Å². The van der Waals surface area contributed by atoms with Gasteiger partial charge >= 0.3 is 0 Å². The van der Waals surface area contributed by atoms with Gasteiger partial charge in [-0.05, 0) is 51.7 Å². The molecule has 3 aliphatic rings. The molecule has 1 amide bonds. The summed E-state index contributed by atoms with van der Waals surface area (Å²) in [6.07, 6.45) is 12.3. The second-order valence-electron chi connectivity index (χ2n) is 7.88. The number of carbonyl (C=O) groups is 1. The van der Waals surface area contributed by atoms with Crippen LogP contribution in [-0.4, -0.2) is 60.0 Å². The molecule has 0 aromatic rings. The Hall–Kier alpha value is -0.610. The minimum absolute atomic E-state index is 0.397. The summed E-state index contributed by atoms with van der Waals surface area (Å²) in [4.78, 5) is 17.2. The SMILES string of the molecule is CCCN1CCC(NC2CC(=O)N(C3CCCCCC3)C2)CC1. The van der Waals surface area contributed by atoms with Crippen molar-refractivity contribution in [1.82, 2.24) is 15.1 Å². The molecule has 4 nitrogen and oxygen atoms in total. The van der Waals surface area contributed by atoms with Crippen molar-refractivity contribution in [3.8, 4) is 0 Å². The zero-order valence-electron chi connectivity index (χ0n) is 14.9. The Morgan fingerprint density at radius 2 is 1.70 bits per heavy atom. The third kappa shape index (κ3) is 4.69. The van der Waals surface area contributed by atoms with E-state index in [1.807, 2.05) is 0 Å². The highest BCUT2D eigenvalue weighted by Crippen LogP contribution is 2.26. The third-order valence-electron chi connectivity index (χ3n) is 6.02. The minimum atomic E-state index is 0.397. The molecule has 0 aromatic heterocycles. The topological polar surface area (TPSA) is 35.6 Å². The molecule has 3 rings (SSSR count). The summed E-state index contributed by atoms with van der Waals surface area (Å²) in [6.45, 7) is 6.90. The highest BCUT2D eigenvalue weighted by atomic mass is 16.2. The fourth-order valence-corrected chi connectivity index (χ4v) is 4.74. The van der Waals surface area contributed by atoms with E-state index < -0.39 is 0 Å². The van der Waals surface area contributed by atoms with Crippen LogP contribution in [-0.2, 0) is 4.79 Å². The molecule has 1 aliphatic carbocycles. The van der Waals surface area contributed by atoms with Crippen LogP contribution in [0.25, 0.3) is 0 Å². The molecule has 2 heterocycles. The van der Waals surface area contributed by atoms with Crippen LogP contribution in [0.5, 0.6) is 0 Å². The third-order valence-corrected chi connectivity index (χ3v) is 6.02. The molecule has 4 heteroatoms. The first kappa shape index (κ1) is 17.2. The van der Waals surface area contributed by atoms with Gasteiger partial charge in [0.25, 0.3) is 0 Å². The molecule has 0 radical (unpaired) electrons. The monoisotopic (exact) mass is 321 g/mol. The van der Waals surface area contributed by atoms with Crippen molar-refractivity contribution in [2.24, 2.45) is 0 Å². The number of nitrogens with zero attached hydrogens (tertiary/aromatic N) is 2. The molecular weight excluding hydrogens is 286 g/mol. The van der Waals surface area contributed by atoms with E-state index in [2.05, 4.69) is 22.0 Å². The normalized spacial score (nSPS) is 29.2. The lowest BCUT2D eigenvalue weighted by Crippen LogP contribution is -2.47. The number of carbonyl (C=O) groups excluding carboxylic acids is 1. The predicted octanol–water partition coefficient (Wildman–Crippen LogP) is 2.77. The average Bonchev–Trinajstić information content (AvgIpc) is 2.76. The Morgan fingerprint density at radius 1 is 1.00 bits per heavy atom. The summed E-state index contributed by atoms with van der Waals surface area (Å²) < 4.78 is 0. The molecule has 132 valence electrons. The molecule has 1 saturated carbocycles. The van der Waals surface area contributed by atoms with Gasteiger partial charge in [0.1, 0.15) is 0 Å². The number of piperidine rings is 1. The fourth-order valence-electron chi connectivity index (χ4n) is 4.74. The maximum atomic E-state index is 12.5. The van der Waals surface area contributed by atoms with Gasteiger partial charge in [-0.2, -0.15) is 0 Å². The number of rotatable bonds is 5. The van der Waals surface area contributed by atoms with Crippen molar-refractivity contribution in [1.29, 1.82) is 0 Å². The van der Waals surface area contributed by atoms with Gasteiger partial charge in [0.05, 0.1) is 0 Å². The van der Waals surface area contributed by atoms with Crippen LogP contribution >= 0.6 is 0 Å². The van der Waals surface area contributed by atoms with Gasteiger partial charge in [0.15, 0.2) is 0 Å². The van der Waals surface area contributed by atoms with E-state index in [-0.39, 0.29) is 0 Å². The van der Waals surface area contributed by atoms with E-state index in [1.54, 1.807) is 0 Å². The minimum Gasteiger partial charge on any atom is -0.338 e. The van der Waals surface area contributed by atoms with Crippen molar-refractivity contribution in [3.05, 3.63) is 0 Å². The van der Waals surface area contributed by atoms with Crippen LogP contribution in [0.2, 0.25) is 0 Å². The summed E-state index contributed by atoms with van der Waals surface area (Å²) in [7, 11) is 0. The van der Waals surface area contributed by atoms with Gasteiger partial charge in [-0.3, -0.25) is 4.79 Å². The van der Waals surface area contributed by atoms with E-state index in [9.17, 15) is 4.79 Å². The molecule has 0 spiro atoms. The summed E-state index contributed by atoms with van der Waals surface area (Å²) in [5.74, 6) is 0.401. The van der Waals surface area contributed by atoms with Crippen molar-refractivity contribution in [2.75, 3.05) is 26.2 Å². The van der Waals surface area contributed by atoms with Crippen molar-refractivity contribution >= 4 is 5.91 Å². The lowest BCUT2D eigenvalue weighted by atomic mass is 10.0. The van der Waals surface area contributed by atoms with Crippen molar-refractivity contribution in [2.45, 2.75) is 89.3 Å². The van der Waals surface area contributed by atoms with Crippen molar-refractivity contribution in [3.63, 3.8) is 0 Å². The van der Waals surface area contributed by atoms with Crippen LogP contribution in [0.3, 0.4) is 0 Å². The Morgan fingerprint density at radius 3 is 2.35 bits per heavy atom. The van der Waals surface area contributed by atoms with Crippen LogP contribution < -0.4 is 5.32 Å². The van der Waals surface area contributed by atoms with Crippen LogP contribution in [0, 0.1) is 0 Å². The molecule has 1 N–H and O–H groups in total. The number of hydrogen-bond acceptors (Lipinski definition) is 3. The standard InChI is InChI=1S/C19H35N3O/c1-2-11-21-12-9-16(10-13-21)20-17-14-19(23)22(15-17)18-7-5-3-4-6-8-18/h16-18,20H,2-15H2,1H3.